The first-order valence-corrected chi connectivity index (χ1v) is 15.1. The summed E-state index contributed by atoms with van der Waals surface area (Å²) in [5.74, 6) is -0.0938. The summed E-state index contributed by atoms with van der Waals surface area (Å²) >= 11 is 0. The number of amides is 1. The van der Waals surface area contributed by atoms with Gasteiger partial charge in [-0.2, -0.15) is 0 Å². The molecule has 0 aromatic heterocycles. The van der Waals surface area contributed by atoms with Crippen molar-refractivity contribution in [3.63, 3.8) is 0 Å². The summed E-state index contributed by atoms with van der Waals surface area (Å²) in [7, 11) is 0. The van der Waals surface area contributed by atoms with Crippen LogP contribution in [0.25, 0.3) is 0 Å². The summed E-state index contributed by atoms with van der Waals surface area (Å²) in [4.78, 5) is 12.0. The SMILES string of the molecule is CCCCCCCCCCCCCCC/C=C/CC/C=C/C(O)C(CO)NC(=O)CCCCCC. The number of aliphatic hydroxyl groups excluding tert-OH is 2. The highest BCUT2D eigenvalue weighted by Gasteiger charge is 2.17. The first kappa shape index (κ1) is 33.9. The largest absolute Gasteiger partial charge is 0.394 e. The van der Waals surface area contributed by atoms with Crippen LogP contribution in [0.1, 0.15) is 149 Å². The fourth-order valence-electron chi connectivity index (χ4n) is 4.31. The molecule has 0 radical (unpaired) electrons. The van der Waals surface area contributed by atoms with E-state index < -0.39 is 12.1 Å². The van der Waals surface area contributed by atoms with Crippen LogP contribution in [0.3, 0.4) is 0 Å². The third-order valence-electron chi connectivity index (χ3n) is 6.69. The number of allylic oxidation sites excluding steroid dienone is 3. The molecule has 0 aliphatic heterocycles. The Kier molecular flexibility index (Phi) is 26.6. The number of nitrogens with one attached hydrogen (secondary N) is 1. The Morgan fingerprint density at radius 3 is 1.66 bits per heavy atom. The molecule has 0 spiro atoms. The summed E-state index contributed by atoms with van der Waals surface area (Å²) in [6.45, 7) is 4.16. The quantitative estimate of drug-likeness (QED) is 0.0840. The van der Waals surface area contributed by atoms with E-state index in [9.17, 15) is 15.0 Å². The van der Waals surface area contributed by atoms with Gasteiger partial charge in [0, 0.05) is 6.42 Å². The molecule has 0 saturated heterocycles. The maximum absolute atomic E-state index is 12.0. The van der Waals surface area contributed by atoms with E-state index in [-0.39, 0.29) is 12.5 Å². The number of hydrogen-bond acceptors (Lipinski definition) is 3. The Labute approximate surface area is 218 Å². The van der Waals surface area contributed by atoms with Gasteiger partial charge in [-0.15, -0.1) is 0 Å². The van der Waals surface area contributed by atoms with Gasteiger partial charge in [0.15, 0.2) is 0 Å². The Hall–Kier alpha value is -1.13. The van der Waals surface area contributed by atoms with Crippen LogP contribution in [-0.4, -0.2) is 34.9 Å². The highest BCUT2D eigenvalue weighted by Crippen LogP contribution is 2.13. The second-order valence-electron chi connectivity index (χ2n) is 10.2. The summed E-state index contributed by atoms with van der Waals surface area (Å²) in [6, 6.07) is -0.629. The zero-order valence-corrected chi connectivity index (χ0v) is 23.3. The Bertz CT molecular complexity index is 503. The molecule has 3 N–H and O–H groups in total. The van der Waals surface area contributed by atoms with E-state index in [1.165, 1.54) is 83.5 Å². The van der Waals surface area contributed by atoms with Crippen LogP contribution in [-0.2, 0) is 4.79 Å². The highest BCUT2D eigenvalue weighted by molar-refractivity contribution is 5.76. The van der Waals surface area contributed by atoms with Crippen LogP contribution in [0.4, 0.5) is 0 Å². The fraction of sp³-hybridized carbons (Fsp3) is 0.839. The van der Waals surface area contributed by atoms with Crippen LogP contribution in [0.2, 0.25) is 0 Å². The third-order valence-corrected chi connectivity index (χ3v) is 6.69. The fourth-order valence-corrected chi connectivity index (χ4v) is 4.31. The predicted molar refractivity (Wildman–Crippen MR) is 152 cm³/mol. The molecule has 1 amide bonds. The highest BCUT2D eigenvalue weighted by atomic mass is 16.3. The van der Waals surface area contributed by atoms with Gasteiger partial charge in [0.1, 0.15) is 0 Å². The molecule has 206 valence electrons. The van der Waals surface area contributed by atoms with Gasteiger partial charge in [0.25, 0.3) is 0 Å². The van der Waals surface area contributed by atoms with Gasteiger partial charge in [-0.3, -0.25) is 4.79 Å². The number of carbonyl (C=O) groups is 1. The van der Waals surface area contributed by atoms with E-state index in [1.807, 2.05) is 6.08 Å². The Balaban J connectivity index is 3.60. The summed E-state index contributed by atoms with van der Waals surface area (Å²) < 4.78 is 0. The van der Waals surface area contributed by atoms with Crippen LogP contribution in [0, 0.1) is 0 Å². The summed E-state index contributed by atoms with van der Waals surface area (Å²) in [5.41, 5.74) is 0. The lowest BCUT2D eigenvalue weighted by atomic mass is 10.0. The summed E-state index contributed by atoms with van der Waals surface area (Å²) in [6.07, 6.45) is 33.0. The second-order valence-corrected chi connectivity index (χ2v) is 10.2. The first-order valence-electron chi connectivity index (χ1n) is 15.1. The van der Waals surface area contributed by atoms with Crippen molar-refractivity contribution in [2.45, 2.75) is 161 Å². The molecule has 0 heterocycles. The van der Waals surface area contributed by atoms with Crippen molar-refractivity contribution in [1.29, 1.82) is 0 Å². The minimum Gasteiger partial charge on any atom is -0.394 e. The van der Waals surface area contributed by atoms with Crippen LogP contribution in [0.5, 0.6) is 0 Å². The average Bonchev–Trinajstić information content (AvgIpc) is 2.86. The predicted octanol–water partition coefficient (Wildman–Crippen LogP) is 8.17. The first-order chi connectivity index (χ1) is 17.2. The molecule has 2 unspecified atom stereocenters. The Morgan fingerprint density at radius 1 is 0.657 bits per heavy atom. The Morgan fingerprint density at radius 2 is 1.11 bits per heavy atom. The lowest BCUT2D eigenvalue weighted by molar-refractivity contribution is -0.123. The number of hydrogen-bond donors (Lipinski definition) is 3. The number of rotatable bonds is 26. The van der Waals surface area contributed by atoms with Gasteiger partial charge in [0.2, 0.25) is 5.91 Å². The molecule has 0 aromatic carbocycles. The number of unbranched alkanes of at least 4 members (excludes halogenated alkanes) is 17. The van der Waals surface area contributed by atoms with E-state index in [0.29, 0.717) is 6.42 Å². The van der Waals surface area contributed by atoms with Gasteiger partial charge < -0.3 is 15.5 Å². The molecule has 4 heteroatoms. The van der Waals surface area contributed by atoms with Crippen molar-refractivity contribution in [2.75, 3.05) is 6.61 Å². The van der Waals surface area contributed by atoms with E-state index in [0.717, 1.165) is 44.9 Å². The standard InChI is InChI=1S/C31H59NO3/c1-3-5-7-9-10-11-12-13-14-15-16-17-18-19-20-21-22-23-24-26-30(34)29(28-33)32-31(35)27-25-8-6-4-2/h20-21,24,26,29-30,33-34H,3-19,22-23,25,27-28H2,1-2H3,(H,32,35)/b21-20+,26-24+. The molecule has 35 heavy (non-hydrogen) atoms. The molecule has 0 rings (SSSR count). The zero-order chi connectivity index (χ0) is 25.8. The monoisotopic (exact) mass is 493 g/mol. The number of carbonyl (C=O) groups excluding carboxylic acids is 1. The topological polar surface area (TPSA) is 69.6 Å². The van der Waals surface area contributed by atoms with Crippen molar-refractivity contribution in [3.05, 3.63) is 24.3 Å². The molecular weight excluding hydrogens is 434 g/mol. The molecule has 4 nitrogen and oxygen atoms in total. The minimum atomic E-state index is -0.852. The maximum Gasteiger partial charge on any atom is 0.220 e. The van der Waals surface area contributed by atoms with E-state index in [4.69, 9.17) is 0 Å². The van der Waals surface area contributed by atoms with Gasteiger partial charge in [-0.05, 0) is 32.1 Å². The molecular formula is C31H59NO3. The molecule has 0 bridgehead atoms. The van der Waals surface area contributed by atoms with E-state index >= 15 is 0 Å². The van der Waals surface area contributed by atoms with Crippen molar-refractivity contribution < 1.29 is 15.0 Å². The van der Waals surface area contributed by atoms with Crippen LogP contribution in [0.15, 0.2) is 24.3 Å². The molecule has 0 fully saturated rings. The van der Waals surface area contributed by atoms with Crippen LogP contribution < -0.4 is 5.32 Å². The van der Waals surface area contributed by atoms with Crippen LogP contribution >= 0.6 is 0 Å². The lowest BCUT2D eigenvalue weighted by Gasteiger charge is -2.19. The van der Waals surface area contributed by atoms with Crippen molar-refractivity contribution in [3.8, 4) is 0 Å². The number of aliphatic hydroxyl groups is 2. The van der Waals surface area contributed by atoms with Gasteiger partial charge in [-0.1, -0.05) is 134 Å². The molecule has 0 aliphatic carbocycles. The van der Waals surface area contributed by atoms with Crippen molar-refractivity contribution >= 4 is 5.91 Å². The average molecular weight is 494 g/mol. The van der Waals surface area contributed by atoms with E-state index in [2.05, 4.69) is 31.3 Å². The van der Waals surface area contributed by atoms with Crippen molar-refractivity contribution in [2.24, 2.45) is 0 Å². The summed E-state index contributed by atoms with van der Waals surface area (Å²) in [5, 5.41) is 22.5. The normalized spacial score (nSPS) is 13.6. The lowest BCUT2D eigenvalue weighted by Crippen LogP contribution is -2.45. The third kappa shape index (κ3) is 24.3. The minimum absolute atomic E-state index is 0.0938. The van der Waals surface area contributed by atoms with E-state index in [1.54, 1.807) is 6.08 Å². The van der Waals surface area contributed by atoms with Gasteiger partial charge in [0.05, 0.1) is 18.8 Å². The maximum atomic E-state index is 12.0. The second kappa shape index (κ2) is 27.5. The van der Waals surface area contributed by atoms with Crippen molar-refractivity contribution in [1.82, 2.24) is 5.32 Å². The molecule has 0 saturated carbocycles. The molecule has 0 aliphatic rings. The molecule has 2 atom stereocenters. The zero-order valence-electron chi connectivity index (χ0n) is 23.3. The smallest absolute Gasteiger partial charge is 0.220 e. The van der Waals surface area contributed by atoms with Gasteiger partial charge in [-0.25, -0.2) is 0 Å². The molecule has 0 aromatic rings. The van der Waals surface area contributed by atoms with Gasteiger partial charge >= 0.3 is 0 Å².